The summed E-state index contributed by atoms with van der Waals surface area (Å²) in [6.45, 7) is 0. The van der Waals surface area contributed by atoms with Crippen LogP contribution in [0.4, 0.5) is 13.2 Å². The Morgan fingerprint density at radius 1 is 1.27 bits per heavy atom. The molecule has 0 radical (unpaired) electrons. The maximum atomic E-state index is 12.4. The van der Waals surface area contributed by atoms with Crippen LogP contribution in [0.5, 0.6) is 0 Å². The third-order valence-electron chi connectivity index (χ3n) is 2.78. The van der Waals surface area contributed by atoms with Gasteiger partial charge in [-0.05, 0) is 23.6 Å². The number of halogens is 3. The van der Waals surface area contributed by atoms with Gasteiger partial charge in [0.2, 0.25) is 0 Å². The first-order chi connectivity index (χ1) is 10.4. The molecule has 0 fully saturated rings. The molecule has 0 spiro atoms. The number of H-pyrrole nitrogens is 1. The molecule has 114 valence electrons. The molecule has 3 rings (SSSR count). The van der Waals surface area contributed by atoms with E-state index >= 15 is 0 Å². The molecule has 3 heterocycles. The maximum Gasteiger partial charge on any atom is 0.417 e. The molecule has 0 aliphatic heterocycles. The Morgan fingerprint density at radius 2 is 2.09 bits per heavy atom. The Balaban J connectivity index is 1.75. The number of pyridine rings is 1. The number of hydrogen-bond donors (Lipinski definition) is 1. The SMILES string of the molecule is O=c1[nH]c(CSc2ccc(C(F)(F)F)cn2)nc2ccsc12. The lowest BCUT2D eigenvalue weighted by Gasteiger charge is -2.06. The summed E-state index contributed by atoms with van der Waals surface area (Å²) in [6.07, 6.45) is -3.60. The van der Waals surface area contributed by atoms with E-state index < -0.39 is 11.7 Å². The fourth-order valence-corrected chi connectivity index (χ4v) is 3.20. The van der Waals surface area contributed by atoms with E-state index in [9.17, 15) is 18.0 Å². The molecule has 1 N–H and O–H groups in total. The molecule has 22 heavy (non-hydrogen) atoms. The van der Waals surface area contributed by atoms with Gasteiger partial charge in [-0.3, -0.25) is 4.79 Å². The first-order valence-corrected chi connectivity index (χ1v) is 7.92. The normalized spacial score (nSPS) is 12.0. The zero-order valence-electron chi connectivity index (χ0n) is 10.8. The summed E-state index contributed by atoms with van der Waals surface area (Å²) in [5, 5.41) is 2.21. The molecule has 3 aromatic heterocycles. The van der Waals surface area contributed by atoms with E-state index in [1.54, 1.807) is 11.4 Å². The fourth-order valence-electron chi connectivity index (χ4n) is 1.77. The summed E-state index contributed by atoms with van der Waals surface area (Å²) < 4.78 is 37.9. The lowest BCUT2D eigenvalue weighted by atomic mass is 10.3. The molecular formula is C13H8F3N3OS2. The van der Waals surface area contributed by atoms with E-state index in [1.165, 1.54) is 29.2 Å². The predicted molar refractivity (Wildman–Crippen MR) is 79.0 cm³/mol. The van der Waals surface area contributed by atoms with E-state index in [0.717, 1.165) is 12.3 Å². The molecule has 3 aromatic rings. The molecule has 0 unspecified atom stereocenters. The number of aromatic nitrogens is 3. The molecule has 0 atom stereocenters. The van der Waals surface area contributed by atoms with Gasteiger partial charge in [0.25, 0.3) is 5.56 Å². The lowest BCUT2D eigenvalue weighted by Crippen LogP contribution is -2.09. The summed E-state index contributed by atoms with van der Waals surface area (Å²) >= 11 is 2.51. The van der Waals surface area contributed by atoms with Crippen LogP contribution in [0.1, 0.15) is 11.4 Å². The minimum absolute atomic E-state index is 0.212. The molecular weight excluding hydrogens is 335 g/mol. The summed E-state index contributed by atoms with van der Waals surface area (Å²) in [4.78, 5) is 22.5. The van der Waals surface area contributed by atoms with Crippen molar-refractivity contribution in [3.63, 3.8) is 0 Å². The van der Waals surface area contributed by atoms with Crippen molar-refractivity contribution in [3.8, 4) is 0 Å². The van der Waals surface area contributed by atoms with Crippen LogP contribution in [0.25, 0.3) is 10.2 Å². The lowest BCUT2D eigenvalue weighted by molar-refractivity contribution is -0.137. The number of aromatic amines is 1. The molecule has 0 bridgehead atoms. The highest BCUT2D eigenvalue weighted by Gasteiger charge is 2.30. The van der Waals surface area contributed by atoms with Crippen molar-refractivity contribution < 1.29 is 13.2 Å². The van der Waals surface area contributed by atoms with Gasteiger partial charge in [-0.2, -0.15) is 13.2 Å². The van der Waals surface area contributed by atoms with Crippen molar-refractivity contribution in [1.82, 2.24) is 15.0 Å². The first-order valence-electron chi connectivity index (χ1n) is 6.06. The van der Waals surface area contributed by atoms with Crippen LogP contribution in [-0.2, 0) is 11.9 Å². The number of fused-ring (bicyclic) bond motifs is 1. The van der Waals surface area contributed by atoms with Gasteiger partial charge in [-0.25, -0.2) is 9.97 Å². The van der Waals surface area contributed by atoms with Gasteiger partial charge in [-0.1, -0.05) is 11.8 Å². The summed E-state index contributed by atoms with van der Waals surface area (Å²) in [6, 6.07) is 4.03. The molecule has 0 aliphatic carbocycles. The molecule has 0 amide bonds. The van der Waals surface area contributed by atoms with E-state index in [1.807, 2.05) is 0 Å². The molecule has 0 aromatic carbocycles. The average molecular weight is 343 g/mol. The molecule has 0 aliphatic rings. The second kappa shape index (κ2) is 5.73. The van der Waals surface area contributed by atoms with Gasteiger partial charge >= 0.3 is 6.18 Å². The topological polar surface area (TPSA) is 58.6 Å². The summed E-state index contributed by atoms with van der Waals surface area (Å²) in [5.41, 5.74) is -0.385. The van der Waals surface area contributed by atoms with Crippen molar-refractivity contribution in [1.29, 1.82) is 0 Å². The van der Waals surface area contributed by atoms with Crippen LogP contribution in [0.15, 0.2) is 39.6 Å². The first kappa shape index (κ1) is 15.0. The number of hydrogen-bond acceptors (Lipinski definition) is 5. The molecule has 0 saturated heterocycles. The largest absolute Gasteiger partial charge is 0.417 e. The third-order valence-corrected chi connectivity index (χ3v) is 4.64. The fraction of sp³-hybridized carbons (Fsp3) is 0.154. The zero-order valence-corrected chi connectivity index (χ0v) is 12.5. The number of rotatable bonds is 3. The van der Waals surface area contributed by atoms with Gasteiger partial charge < -0.3 is 4.98 Å². The number of nitrogens with one attached hydrogen (secondary N) is 1. The van der Waals surface area contributed by atoms with Crippen molar-refractivity contribution in [2.45, 2.75) is 17.0 Å². The van der Waals surface area contributed by atoms with Crippen LogP contribution >= 0.6 is 23.1 Å². The number of thioether (sulfide) groups is 1. The van der Waals surface area contributed by atoms with Gasteiger partial charge in [0.05, 0.1) is 21.9 Å². The van der Waals surface area contributed by atoms with Crippen molar-refractivity contribution >= 4 is 33.3 Å². The number of thiophene rings is 1. The quantitative estimate of drug-likeness (QED) is 0.737. The third kappa shape index (κ3) is 3.14. The van der Waals surface area contributed by atoms with Crippen LogP contribution in [0.3, 0.4) is 0 Å². The van der Waals surface area contributed by atoms with E-state index in [2.05, 4.69) is 15.0 Å². The van der Waals surface area contributed by atoms with E-state index in [-0.39, 0.29) is 5.56 Å². The Labute approximate surface area is 130 Å². The summed E-state index contributed by atoms with van der Waals surface area (Å²) in [7, 11) is 0. The van der Waals surface area contributed by atoms with Crippen LogP contribution in [0.2, 0.25) is 0 Å². The molecule has 4 nitrogen and oxygen atoms in total. The Kier molecular flexibility index (Phi) is 3.92. The number of nitrogens with zero attached hydrogens (tertiary/aromatic N) is 2. The van der Waals surface area contributed by atoms with Crippen molar-refractivity contribution in [2.75, 3.05) is 0 Å². The monoisotopic (exact) mass is 343 g/mol. The van der Waals surface area contributed by atoms with Crippen LogP contribution in [-0.4, -0.2) is 15.0 Å². The second-order valence-electron chi connectivity index (χ2n) is 4.32. The van der Waals surface area contributed by atoms with Gasteiger partial charge in [0.15, 0.2) is 0 Å². The van der Waals surface area contributed by atoms with Gasteiger partial charge in [0.1, 0.15) is 10.5 Å². The Morgan fingerprint density at radius 3 is 2.77 bits per heavy atom. The minimum atomic E-state index is -4.40. The number of alkyl halides is 3. The molecule has 9 heteroatoms. The smallest absolute Gasteiger partial charge is 0.309 e. The Hall–Kier alpha value is -1.87. The second-order valence-corrected chi connectivity index (χ2v) is 6.23. The standard InChI is InChI=1S/C13H8F3N3OS2/c14-13(15,16)7-1-2-10(17-5-7)22-6-9-18-8-3-4-21-11(8)12(20)19-9/h1-5H,6H2,(H,18,19,20). The van der Waals surface area contributed by atoms with Crippen molar-refractivity contribution in [3.05, 3.63) is 51.5 Å². The van der Waals surface area contributed by atoms with Gasteiger partial charge in [-0.15, -0.1) is 11.3 Å². The van der Waals surface area contributed by atoms with E-state index in [0.29, 0.717) is 26.8 Å². The van der Waals surface area contributed by atoms with Crippen molar-refractivity contribution in [2.24, 2.45) is 0 Å². The highest BCUT2D eigenvalue weighted by atomic mass is 32.2. The van der Waals surface area contributed by atoms with Crippen LogP contribution in [0, 0.1) is 0 Å². The highest BCUT2D eigenvalue weighted by Crippen LogP contribution is 2.30. The highest BCUT2D eigenvalue weighted by molar-refractivity contribution is 7.98. The minimum Gasteiger partial charge on any atom is -0.309 e. The predicted octanol–water partition coefficient (Wildman–Crippen LogP) is 3.69. The van der Waals surface area contributed by atoms with Crippen LogP contribution < -0.4 is 5.56 Å². The maximum absolute atomic E-state index is 12.4. The van der Waals surface area contributed by atoms with Gasteiger partial charge in [0, 0.05) is 6.20 Å². The Bertz CT molecular complexity index is 855. The summed E-state index contributed by atoms with van der Waals surface area (Å²) in [5.74, 6) is 0.780. The molecule has 0 saturated carbocycles. The average Bonchev–Trinajstić information content (AvgIpc) is 2.93. The van der Waals surface area contributed by atoms with E-state index in [4.69, 9.17) is 0 Å². The zero-order chi connectivity index (χ0) is 15.7.